The first-order valence-corrected chi connectivity index (χ1v) is 10.5. The van der Waals surface area contributed by atoms with Crippen LogP contribution < -0.4 is 0 Å². The molecule has 2 aromatic carbocycles. The smallest absolute Gasteiger partial charge is 0.178 e. The van der Waals surface area contributed by atoms with Crippen molar-refractivity contribution in [3.05, 3.63) is 64.7 Å². The molecule has 0 amide bonds. The van der Waals surface area contributed by atoms with Gasteiger partial charge < -0.3 is 14.4 Å². The summed E-state index contributed by atoms with van der Waals surface area (Å²) >= 11 is 5.58. The Morgan fingerprint density at radius 3 is 2.66 bits per heavy atom. The second kappa shape index (κ2) is 7.72. The van der Waals surface area contributed by atoms with Crippen LogP contribution in [-0.2, 0) is 4.84 Å². The normalized spacial score (nSPS) is 20.7. The summed E-state index contributed by atoms with van der Waals surface area (Å²) in [5.41, 5.74) is 4.31. The van der Waals surface area contributed by atoms with E-state index in [1.54, 1.807) is 12.1 Å². The van der Waals surface area contributed by atoms with Crippen LogP contribution in [0.25, 0.3) is 11.0 Å². The summed E-state index contributed by atoms with van der Waals surface area (Å²) in [5.74, 6) is -0.230. The highest BCUT2D eigenvalue weighted by atomic mass is 32.1. The van der Waals surface area contributed by atoms with Gasteiger partial charge in [0.2, 0.25) is 0 Å². The van der Waals surface area contributed by atoms with Crippen molar-refractivity contribution < 1.29 is 9.23 Å². The van der Waals surface area contributed by atoms with Gasteiger partial charge in [0.15, 0.2) is 10.9 Å². The van der Waals surface area contributed by atoms with Crippen LogP contribution in [0.3, 0.4) is 0 Å². The third kappa shape index (κ3) is 3.72. The van der Waals surface area contributed by atoms with Crippen LogP contribution in [0, 0.1) is 10.6 Å². The summed E-state index contributed by atoms with van der Waals surface area (Å²) in [6.45, 7) is 2.84. The number of halogens is 1. The molecule has 0 spiro atoms. The number of fused-ring (bicyclic) bond motifs is 1. The number of imidazole rings is 1. The summed E-state index contributed by atoms with van der Waals surface area (Å²) in [6, 6.07) is 15.2. The molecular weight excluding hydrogens is 387 g/mol. The average molecular weight is 411 g/mol. The topological polar surface area (TPSA) is 45.5 Å². The van der Waals surface area contributed by atoms with Gasteiger partial charge in [-0.25, -0.2) is 4.39 Å². The number of piperidine rings is 1. The Morgan fingerprint density at radius 2 is 1.86 bits per heavy atom. The predicted octanol–water partition coefficient (Wildman–Crippen LogP) is 4.99. The van der Waals surface area contributed by atoms with E-state index >= 15 is 0 Å². The molecule has 0 radical (unpaired) electrons. The highest BCUT2D eigenvalue weighted by molar-refractivity contribution is 7.71. The molecule has 0 bridgehead atoms. The third-order valence-corrected chi connectivity index (χ3v) is 6.22. The van der Waals surface area contributed by atoms with E-state index in [9.17, 15) is 4.39 Å². The zero-order valence-corrected chi connectivity index (χ0v) is 16.9. The van der Waals surface area contributed by atoms with Gasteiger partial charge in [-0.1, -0.05) is 29.4 Å². The molecule has 1 fully saturated rings. The van der Waals surface area contributed by atoms with E-state index in [2.05, 4.69) is 37.8 Å². The Balaban J connectivity index is 1.19. The molecule has 1 N–H and O–H groups in total. The van der Waals surface area contributed by atoms with Crippen LogP contribution >= 0.6 is 12.2 Å². The molecule has 0 aliphatic carbocycles. The lowest BCUT2D eigenvalue weighted by Gasteiger charge is -2.32. The maximum Gasteiger partial charge on any atom is 0.178 e. The molecule has 2 aliphatic heterocycles. The van der Waals surface area contributed by atoms with Gasteiger partial charge in [0, 0.05) is 32.1 Å². The van der Waals surface area contributed by atoms with E-state index in [1.165, 1.54) is 17.6 Å². The first kappa shape index (κ1) is 18.5. The number of likely N-dealkylation sites (tertiary alicyclic amines) is 1. The molecule has 29 heavy (non-hydrogen) atoms. The van der Waals surface area contributed by atoms with E-state index < -0.39 is 0 Å². The average Bonchev–Trinajstić information content (AvgIpc) is 3.33. The zero-order valence-electron chi connectivity index (χ0n) is 16.1. The molecule has 0 saturated carbocycles. The number of benzene rings is 2. The van der Waals surface area contributed by atoms with Crippen molar-refractivity contribution in [3.8, 4) is 0 Å². The molecule has 150 valence electrons. The molecule has 1 saturated heterocycles. The molecule has 3 heterocycles. The van der Waals surface area contributed by atoms with Crippen molar-refractivity contribution in [1.29, 1.82) is 0 Å². The van der Waals surface area contributed by atoms with Gasteiger partial charge >= 0.3 is 0 Å². The van der Waals surface area contributed by atoms with Crippen LogP contribution in [0.5, 0.6) is 0 Å². The fourth-order valence-corrected chi connectivity index (χ4v) is 4.76. The number of nitrogens with zero attached hydrogens (tertiary/aromatic N) is 3. The van der Waals surface area contributed by atoms with E-state index in [4.69, 9.17) is 17.1 Å². The predicted molar refractivity (Wildman–Crippen MR) is 114 cm³/mol. The van der Waals surface area contributed by atoms with E-state index in [0.29, 0.717) is 6.04 Å². The SMILES string of the molecule is Fc1ccc(C2CC(CN3CCC(n4c(=S)[nH]c5ccccc54)CC3)=NO2)cc1. The number of H-pyrrole nitrogens is 1. The van der Waals surface area contributed by atoms with E-state index in [1.807, 2.05) is 6.07 Å². The quantitative estimate of drug-likeness (QED) is 0.616. The van der Waals surface area contributed by atoms with Crippen molar-refractivity contribution in [2.75, 3.05) is 19.6 Å². The van der Waals surface area contributed by atoms with Crippen molar-refractivity contribution in [3.63, 3.8) is 0 Å². The fraction of sp³-hybridized carbons (Fsp3) is 0.364. The summed E-state index contributed by atoms with van der Waals surface area (Å²) in [6.07, 6.45) is 2.78. The minimum absolute atomic E-state index is 0.104. The lowest BCUT2D eigenvalue weighted by atomic mass is 10.0. The Bertz CT molecular complexity index is 1100. The molecule has 7 heteroatoms. The van der Waals surface area contributed by atoms with Gasteiger partial charge in [0.1, 0.15) is 5.82 Å². The highest BCUT2D eigenvalue weighted by Crippen LogP contribution is 2.30. The van der Waals surface area contributed by atoms with Crippen LogP contribution in [0.15, 0.2) is 53.7 Å². The molecule has 1 aromatic heterocycles. The maximum absolute atomic E-state index is 13.1. The van der Waals surface area contributed by atoms with Crippen molar-refractivity contribution in [2.45, 2.75) is 31.4 Å². The molecule has 5 nitrogen and oxygen atoms in total. The second-order valence-corrected chi connectivity index (χ2v) is 8.22. The summed E-state index contributed by atoms with van der Waals surface area (Å²) in [5, 5.41) is 4.29. The van der Waals surface area contributed by atoms with Crippen molar-refractivity contribution in [1.82, 2.24) is 14.5 Å². The molecule has 2 aliphatic rings. The first-order valence-electron chi connectivity index (χ1n) is 10.1. The summed E-state index contributed by atoms with van der Waals surface area (Å²) < 4.78 is 16.2. The maximum atomic E-state index is 13.1. The summed E-state index contributed by atoms with van der Waals surface area (Å²) in [7, 11) is 0. The van der Waals surface area contributed by atoms with Gasteiger partial charge in [-0.2, -0.15) is 0 Å². The number of rotatable bonds is 4. The number of para-hydroxylation sites is 2. The number of nitrogens with one attached hydrogen (secondary N) is 1. The fourth-order valence-electron chi connectivity index (χ4n) is 4.41. The first-order chi connectivity index (χ1) is 14.2. The monoisotopic (exact) mass is 410 g/mol. The third-order valence-electron chi connectivity index (χ3n) is 5.92. The van der Waals surface area contributed by atoms with Crippen LogP contribution in [0.2, 0.25) is 0 Å². The minimum atomic E-state index is -0.230. The largest absolute Gasteiger partial charge is 0.387 e. The Kier molecular flexibility index (Phi) is 4.93. The molecule has 1 unspecified atom stereocenters. The highest BCUT2D eigenvalue weighted by Gasteiger charge is 2.27. The van der Waals surface area contributed by atoms with Gasteiger partial charge in [0.05, 0.1) is 16.7 Å². The molecule has 3 aromatic rings. The molecular formula is C22H23FN4OS. The van der Waals surface area contributed by atoms with Crippen molar-refractivity contribution in [2.24, 2.45) is 5.16 Å². The second-order valence-electron chi connectivity index (χ2n) is 7.83. The van der Waals surface area contributed by atoms with Gasteiger partial charge in [-0.05, 0) is 54.9 Å². The van der Waals surface area contributed by atoms with Gasteiger partial charge in [0.25, 0.3) is 0 Å². The zero-order chi connectivity index (χ0) is 19.8. The van der Waals surface area contributed by atoms with Crippen molar-refractivity contribution >= 4 is 29.0 Å². The Morgan fingerprint density at radius 1 is 1.10 bits per heavy atom. The van der Waals surface area contributed by atoms with Gasteiger partial charge in [-0.3, -0.25) is 4.90 Å². The lowest BCUT2D eigenvalue weighted by molar-refractivity contribution is 0.0856. The molecule has 1 atom stereocenters. The van der Waals surface area contributed by atoms with Crippen LogP contribution in [0.1, 0.15) is 37.0 Å². The number of hydrogen-bond acceptors (Lipinski definition) is 4. The lowest BCUT2D eigenvalue weighted by Crippen LogP contribution is -2.37. The Hall–Kier alpha value is -2.51. The van der Waals surface area contributed by atoms with Crippen LogP contribution in [-0.4, -0.2) is 39.8 Å². The number of hydrogen-bond donors (Lipinski definition) is 1. The number of aromatic nitrogens is 2. The van der Waals surface area contributed by atoms with Crippen LogP contribution in [0.4, 0.5) is 4.39 Å². The standard InChI is InChI=1S/C22H23FN4OS/c23-16-7-5-15(6-8-16)21-13-17(25-28-21)14-26-11-9-18(10-12-26)27-20-4-2-1-3-19(20)24-22(27)29/h1-8,18,21H,9-14H2,(H,24,29). The van der Waals surface area contributed by atoms with Gasteiger partial charge in [-0.15, -0.1) is 0 Å². The van der Waals surface area contributed by atoms with E-state index in [0.717, 1.165) is 60.5 Å². The summed E-state index contributed by atoms with van der Waals surface area (Å²) in [4.78, 5) is 11.4. The number of oxime groups is 1. The van der Waals surface area contributed by atoms with E-state index in [-0.39, 0.29) is 11.9 Å². The number of aromatic amines is 1. The molecule has 5 rings (SSSR count). The Labute approximate surface area is 173 Å². The minimum Gasteiger partial charge on any atom is -0.387 e.